The lowest BCUT2D eigenvalue weighted by atomic mass is 9.96. The Hall–Kier alpha value is -2.62. The Kier molecular flexibility index (Phi) is 4.65. The van der Waals surface area contributed by atoms with Crippen LogP contribution in [0.3, 0.4) is 0 Å². The van der Waals surface area contributed by atoms with E-state index in [2.05, 4.69) is 13.0 Å². The van der Waals surface area contributed by atoms with Crippen LogP contribution in [0.15, 0.2) is 42.5 Å². The van der Waals surface area contributed by atoms with E-state index in [9.17, 15) is 9.59 Å². The maximum Gasteiger partial charge on any atom is 0.335 e. The van der Waals surface area contributed by atoms with Crippen molar-refractivity contribution < 1.29 is 14.7 Å². The second-order valence-corrected chi connectivity index (χ2v) is 6.15. The Morgan fingerprint density at radius 3 is 2.54 bits per heavy atom. The smallest absolute Gasteiger partial charge is 0.335 e. The standard InChI is InChI=1S/C20H21NO3/c1-2-14-5-3-4-6-16(14)12-19(22)21-10-9-15-7-8-17(20(23)24)11-18(15)13-21/h3-8,11H,2,9-10,12-13H2,1H3,(H,23,24). The summed E-state index contributed by atoms with van der Waals surface area (Å²) >= 11 is 0. The number of carboxylic acid groups (broad SMARTS) is 1. The molecule has 0 saturated carbocycles. The van der Waals surface area contributed by atoms with Crippen molar-refractivity contribution in [2.24, 2.45) is 0 Å². The highest BCUT2D eigenvalue weighted by atomic mass is 16.4. The molecule has 4 heteroatoms. The van der Waals surface area contributed by atoms with E-state index in [1.165, 1.54) is 5.56 Å². The van der Waals surface area contributed by atoms with Crippen LogP contribution in [-0.4, -0.2) is 28.4 Å². The van der Waals surface area contributed by atoms with E-state index < -0.39 is 5.97 Å². The zero-order valence-corrected chi connectivity index (χ0v) is 13.8. The lowest BCUT2D eigenvalue weighted by molar-refractivity contribution is -0.131. The van der Waals surface area contributed by atoms with Gasteiger partial charge in [-0.1, -0.05) is 37.3 Å². The number of fused-ring (bicyclic) bond motifs is 1. The highest BCUT2D eigenvalue weighted by molar-refractivity contribution is 5.88. The van der Waals surface area contributed by atoms with Crippen molar-refractivity contribution in [3.05, 3.63) is 70.3 Å². The number of rotatable bonds is 4. The van der Waals surface area contributed by atoms with Gasteiger partial charge in [0.2, 0.25) is 5.91 Å². The Morgan fingerprint density at radius 1 is 1.08 bits per heavy atom. The average molecular weight is 323 g/mol. The van der Waals surface area contributed by atoms with Crippen molar-refractivity contribution in [3.63, 3.8) is 0 Å². The zero-order valence-electron chi connectivity index (χ0n) is 13.8. The third-order valence-electron chi connectivity index (χ3n) is 4.66. The van der Waals surface area contributed by atoms with Crippen molar-refractivity contribution in [1.29, 1.82) is 0 Å². The highest BCUT2D eigenvalue weighted by Gasteiger charge is 2.22. The zero-order chi connectivity index (χ0) is 17.1. The van der Waals surface area contributed by atoms with Crippen LogP contribution in [0.1, 0.15) is 39.5 Å². The fraction of sp³-hybridized carbons (Fsp3) is 0.300. The number of amides is 1. The predicted octanol–water partition coefficient (Wildman–Crippen LogP) is 3.07. The molecule has 0 aromatic heterocycles. The molecule has 3 rings (SSSR count). The molecule has 2 aromatic rings. The first-order chi connectivity index (χ1) is 11.6. The fourth-order valence-electron chi connectivity index (χ4n) is 3.25. The van der Waals surface area contributed by atoms with Gasteiger partial charge in [0.15, 0.2) is 0 Å². The molecule has 1 N–H and O–H groups in total. The fourth-order valence-corrected chi connectivity index (χ4v) is 3.25. The summed E-state index contributed by atoms with van der Waals surface area (Å²) in [5.41, 5.74) is 4.64. The molecule has 0 saturated heterocycles. The number of nitrogens with zero attached hydrogens (tertiary/aromatic N) is 1. The first-order valence-corrected chi connectivity index (χ1v) is 8.28. The van der Waals surface area contributed by atoms with E-state index >= 15 is 0 Å². The average Bonchev–Trinajstić information content (AvgIpc) is 2.61. The summed E-state index contributed by atoms with van der Waals surface area (Å²) in [6, 6.07) is 13.2. The van der Waals surface area contributed by atoms with Crippen LogP contribution in [0.25, 0.3) is 0 Å². The summed E-state index contributed by atoms with van der Waals surface area (Å²) in [7, 11) is 0. The maximum atomic E-state index is 12.7. The second-order valence-electron chi connectivity index (χ2n) is 6.15. The summed E-state index contributed by atoms with van der Waals surface area (Å²) in [6.45, 7) is 3.27. The first-order valence-electron chi connectivity index (χ1n) is 8.28. The molecule has 24 heavy (non-hydrogen) atoms. The van der Waals surface area contributed by atoms with Gasteiger partial charge in [-0.2, -0.15) is 0 Å². The van der Waals surface area contributed by atoms with Gasteiger partial charge in [-0.25, -0.2) is 4.79 Å². The van der Waals surface area contributed by atoms with E-state index in [0.29, 0.717) is 19.5 Å². The lowest BCUT2D eigenvalue weighted by Crippen LogP contribution is -2.37. The van der Waals surface area contributed by atoms with Crippen molar-refractivity contribution in [2.75, 3.05) is 6.54 Å². The molecule has 1 aliphatic heterocycles. The number of hydrogen-bond donors (Lipinski definition) is 1. The minimum absolute atomic E-state index is 0.0993. The maximum absolute atomic E-state index is 12.7. The molecule has 0 bridgehead atoms. The van der Waals surface area contributed by atoms with Crippen molar-refractivity contribution >= 4 is 11.9 Å². The SMILES string of the molecule is CCc1ccccc1CC(=O)N1CCc2ccc(C(=O)O)cc2C1. The third-order valence-corrected chi connectivity index (χ3v) is 4.66. The van der Waals surface area contributed by atoms with Crippen molar-refractivity contribution in [3.8, 4) is 0 Å². The summed E-state index contributed by atoms with van der Waals surface area (Å²) < 4.78 is 0. The Labute approximate surface area is 141 Å². The highest BCUT2D eigenvalue weighted by Crippen LogP contribution is 2.22. The van der Waals surface area contributed by atoms with Gasteiger partial charge in [-0.3, -0.25) is 4.79 Å². The van der Waals surface area contributed by atoms with Gasteiger partial charge in [0.1, 0.15) is 0 Å². The van der Waals surface area contributed by atoms with Gasteiger partial charge in [0, 0.05) is 13.1 Å². The first kappa shape index (κ1) is 16.2. The molecule has 124 valence electrons. The predicted molar refractivity (Wildman–Crippen MR) is 92.0 cm³/mol. The lowest BCUT2D eigenvalue weighted by Gasteiger charge is -2.29. The second kappa shape index (κ2) is 6.87. The molecule has 0 unspecified atom stereocenters. The topological polar surface area (TPSA) is 57.6 Å². The molecule has 4 nitrogen and oxygen atoms in total. The molecule has 0 spiro atoms. The quantitative estimate of drug-likeness (QED) is 0.941. The molecule has 0 radical (unpaired) electrons. The summed E-state index contributed by atoms with van der Waals surface area (Å²) in [5.74, 6) is -0.833. The molecule has 0 fully saturated rings. The van der Waals surface area contributed by atoms with Gasteiger partial charge in [0.25, 0.3) is 0 Å². The molecule has 2 aromatic carbocycles. The molecule has 1 heterocycles. The molecule has 0 aliphatic carbocycles. The van der Waals surface area contributed by atoms with Crippen LogP contribution in [0, 0.1) is 0 Å². The molecule has 1 amide bonds. The van der Waals surface area contributed by atoms with Gasteiger partial charge in [0.05, 0.1) is 12.0 Å². The van der Waals surface area contributed by atoms with E-state index in [-0.39, 0.29) is 11.5 Å². The monoisotopic (exact) mass is 323 g/mol. The van der Waals surface area contributed by atoms with Gasteiger partial charge >= 0.3 is 5.97 Å². The molecule has 0 atom stereocenters. The number of carbonyl (C=O) groups is 2. The normalized spacial score (nSPS) is 13.5. The van der Waals surface area contributed by atoms with E-state index in [1.807, 2.05) is 29.2 Å². The minimum Gasteiger partial charge on any atom is -0.478 e. The van der Waals surface area contributed by atoms with E-state index in [4.69, 9.17) is 5.11 Å². The molecule has 1 aliphatic rings. The Morgan fingerprint density at radius 2 is 1.83 bits per heavy atom. The summed E-state index contributed by atoms with van der Waals surface area (Å²) in [4.78, 5) is 25.6. The van der Waals surface area contributed by atoms with Gasteiger partial charge < -0.3 is 10.0 Å². The number of benzene rings is 2. The molecular formula is C20H21NO3. The van der Waals surface area contributed by atoms with Crippen LogP contribution in [0.2, 0.25) is 0 Å². The van der Waals surface area contributed by atoms with Crippen LogP contribution in [0.4, 0.5) is 0 Å². The van der Waals surface area contributed by atoms with Crippen LogP contribution >= 0.6 is 0 Å². The summed E-state index contributed by atoms with van der Waals surface area (Å²) in [6.07, 6.45) is 2.09. The van der Waals surface area contributed by atoms with Gasteiger partial charge in [-0.05, 0) is 47.2 Å². The van der Waals surface area contributed by atoms with Crippen LogP contribution < -0.4 is 0 Å². The number of carboxylic acids is 1. The number of hydrogen-bond acceptors (Lipinski definition) is 2. The van der Waals surface area contributed by atoms with Crippen LogP contribution in [-0.2, 0) is 30.6 Å². The van der Waals surface area contributed by atoms with E-state index in [1.54, 1.807) is 12.1 Å². The molecular weight excluding hydrogens is 302 g/mol. The Balaban J connectivity index is 1.76. The third kappa shape index (κ3) is 3.32. The number of aryl methyl sites for hydroxylation is 1. The number of carbonyl (C=O) groups excluding carboxylic acids is 1. The largest absolute Gasteiger partial charge is 0.478 e. The Bertz CT molecular complexity index is 782. The van der Waals surface area contributed by atoms with Crippen molar-refractivity contribution in [2.45, 2.75) is 32.7 Å². The van der Waals surface area contributed by atoms with Crippen LogP contribution in [0.5, 0.6) is 0 Å². The van der Waals surface area contributed by atoms with Gasteiger partial charge in [-0.15, -0.1) is 0 Å². The number of aromatic carboxylic acids is 1. The minimum atomic E-state index is -0.932. The summed E-state index contributed by atoms with van der Waals surface area (Å²) in [5, 5.41) is 9.13. The van der Waals surface area contributed by atoms with Crippen molar-refractivity contribution in [1.82, 2.24) is 4.90 Å². The van der Waals surface area contributed by atoms with E-state index in [0.717, 1.165) is 29.5 Å².